The van der Waals surface area contributed by atoms with E-state index in [0.717, 1.165) is 38.5 Å². The maximum Gasteiger partial charge on any atom is 0.397 e. The molecule has 315 valence electrons. The van der Waals surface area contributed by atoms with Crippen LogP contribution in [0.4, 0.5) is 0 Å². The second kappa shape index (κ2) is 44.2. The molecular formula is C36H78O12S3Sc. The quantitative estimate of drug-likeness (QED) is 0.0400. The number of rotatable bonds is 36. The smallest absolute Gasteiger partial charge is 0.264 e. The van der Waals surface area contributed by atoms with E-state index in [1.54, 1.807) is 0 Å². The first kappa shape index (κ1) is 59.2. The molecule has 0 atom stereocenters. The van der Waals surface area contributed by atoms with Crippen LogP contribution >= 0.6 is 0 Å². The second-order valence-electron chi connectivity index (χ2n) is 13.3. The van der Waals surface area contributed by atoms with E-state index in [4.69, 9.17) is 13.7 Å². The van der Waals surface area contributed by atoms with Crippen LogP contribution in [-0.4, -0.2) is 58.7 Å². The molecule has 0 aliphatic rings. The molecule has 0 unspecified atom stereocenters. The summed E-state index contributed by atoms with van der Waals surface area (Å²) in [6, 6.07) is 0. The molecule has 0 amide bonds. The van der Waals surface area contributed by atoms with E-state index in [0.29, 0.717) is 19.3 Å². The van der Waals surface area contributed by atoms with Crippen molar-refractivity contribution in [2.45, 2.75) is 213 Å². The number of hydrogen-bond acceptors (Lipinski definition) is 9. The normalized spacial score (nSPS) is 11.7. The van der Waals surface area contributed by atoms with Gasteiger partial charge in [-0.25, -0.2) is 12.5 Å². The molecule has 0 fully saturated rings. The van der Waals surface area contributed by atoms with Gasteiger partial charge in [-0.05, 0) is 19.3 Å². The Morgan fingerprint density at radius 1 is 0.288 bits per heavy atom. The summed E-state index contributed by atoms with van der Waals surface area (Å²) >= 11 is 0. The summed E-state index contributed by atoms with van der Waals surface area (Å²) in [5, 5.41) is 0. The summed E-state index contributed by atoms with van der Waals surface area (Å²) in [5.74, 6) is 0. The molecule has 52 heavy (non-hydrogen) atoms. The molecular weight excluding hydrogens is 766 g/mol. The van der Waals surface area contributed by atoms with Crippen molar-refractivity contribution in [2.75, 3.05) is 19.8 Å². The van der Waals surface area contributed by atoms with Crippen LogP contribution in [0.25, 0.3) is 0 Å². The monoisotopic (exact) mass is 843 g/mol. The van der Waals surface area contributed by atoms with Crippen LogP contribution in [-0.2, 0) is 69.6 Å². The summed E-state index contributed by atoms with van der Waals surface area (Å²) in [5.41, 5.74) is 0. The summed E-state index contributed by atoms with van der Waals surface area (Å²) < 4.78 is 99.0. The Morgan fingerprint density at radius 2 is 0.423 bits per heavy atom. The van der Waals surface area contributed by atoms with Gasteiger partial charge in [-0.2, -0.15) is 25.3 Å². The van der Waals surface area contributed by atoms with Gasteiger partial charge in [0, 0.05) is 25.8 Å². The van der Waals surface area contributed by atoms with Crippen molar-refractivity contribution in [3.8, 4) is 0 Å². The summed E-state index contributed by atoms with van der Waals surface area (Å²) in [4.78, 5) is 0. The molecule has 0 saturated carbocycles. The molecule has 0 aromatic carbocycles. The summed E-state index contributed by atoms with van der Waals surface area (Å²) in [6.07, 6.45) is 35.6. The third kappa shape index (κ3) is 68.5. The fourth-order valence-electron chi connectivity index (χ4n) is 5.26. The molecule has 0 aromatic heterocycles. The maximum atomic E-state index is 10.2. The SMILES string of the molecule is CCCCCCCCCCCCOS(=O)(=O)O.CCCCCCCCCCCCOS(=O)(=O)O.CCCCCCCCCCCCOS(=O)(=O)O.[Sc]. The minimum Gasteiger partial charge on any atom is -0.264 e. The van der Waals surface area contributed by atoms with Gasteiger partial charge in [-0.3, -0.25) is 13.7 Å². The van der Waals surface area contributed by atoms with E-state index in [1.165, 1.54) is 135 Å². The van der Waals surface area contributed by atoms with E-state index in [-0.39, 0.29) is 45.7 Å². The largest absolute Gasteiger partial charge is 0.397 e. The zero-order valence-corrected chi connectivity index (χ0v) is 37.4. The van der Waals surface area contributed by atoms with E-state index >= 15 is 0 Å². The van der Waals surface area contributed by atoms with Crippen LogP contribution in [0.5, 0.6) is 0 Å². The molecule has 12 nitrogen and oxygen atoms in total. The average molecular weight is 844 g/mol. The zero-order chi connectivity index (χ0) is 39.0. The van der Waals surface area contributed by atoms with Crippen molar-refractivity contribution in [3.05, 3.63) is 0 Å². The van der Waals surface area contributed by atoms with Crippen LogP contribution in [0, 0.1) is 0 Å². The van der Waals surface area contributed by atoms with Crippen LogP contribution < -0.4 is 0 Å². The van der Waals surface area contributed by atoms with E-state index in [1.807, 2.05) is 0 Å². The van der Waals surface area contributed by atoms with Gasteiger partial charge in [0.25, 0.3) is 0 Å². The van der Waals surface area contributed by atoms with Crippen molar-refractivity contribution < 1.29 is 77.3 Å². The van der Waals surface area contributed by atoms with Crippen LogP contribution in [0.15, 0.2) is 0 Å². The van der Waals surface area contributed by atoms with E-state index in [2.05, 4.69) is 33.3 Å². The average Bonchev–Trinajstić information content (AvgIpc) is 3.04. The molecule has 0 spiro atoms. The Balaban J connectivity index is -0.000000329. The minimum absolute atomic E-state index is 0. The molecule has 0 aromatic rings. The van der Waals surface area contributed by atoms with Crippen molar-refractivity contribution in [1.29, 1.82) is 0 Å². The predicted octanol–water partition coefficient (Wildman–Crippen LogP) is 11.2. The Bertz CT molecular complexity index is 883. The summed E-state index contributed by atoms with van der Waals surface area (Å²) in [7, 11) is -12.7. The van der Waals surface area contributed by atoms with Crippen molar-refractivity contribution in [1.82, 2.24) is 0 Å². The standard InChI is InChI=1S/3C12H26O4S.Sc/c3*1-2-3-4-5-6-7-8-9-10-11-12-16-17(13,14)15;/h3*2-12H2,1H3,(H,13,14,15);. The first-order chi connectivity index (χ1) is 24.2. The maximum absolute atomic E-state index is 10.2. The van der Waals surface area contributed by atoms with Crippen LogP contribution in [0.1, 0.15) is 213 Å². The van der Waals surface area contributed by atoms with Gasteiger partial charge >= 0.3 is 31.2 Å². The van der Waals surface area contributed by atoms with Gasteiger partial charge in [-0.15, -0.1) is 0 Å². The van der Waals surface area contributed by atoms with Gasteiger partial charge in [0.1, 0.15) is 0 Å². The number of unbranched alkanes of at least 4 members (excludes halogenated alkanes) is 27. The summed E-state index contributed by atoms with van der Waals surface area (Å²) in [6.45, 7) is 6.93. The van der Waals surface area contributed by atoms with Crippen LogP contribution in [0.2, 0.25) is 0 Å². The van der Waals surface area contributed by atoms with Gasteiger partial charge < -0.3 is 0 Å². The van der Waals surface area contributed by atoms with Crippen molar-refractivity contribution >= 4 is 31.2 Å². The van der Waals surface area contributed by atoms with E-state index in [9.17, 15) is 25.3 Å². The Morgan fingerprint density at radius 3 is 0.558 bits per heavy atom. The van der Waals surface area contributed by atoms with Gasteiger partial charge in [-0.1, -0.05) is 194 Å². The molecule has 16 heteroatoms. The van der Waals surface area contributed by atoms with Crippen molar-refractivity contribution in [3.63, 3.8) is 0 Å². The fourth-order valence-corrected chi connectivity index (χ4v) is 6.25. The minimum atomic E-state index is -4.23. The molecule has 0 bridgehead atoms. The van der Waals surface area contributed by atoms with Gasteiger partial charge in [0.15, 0.2) is 0 Å². The van der Waals surface area contributed by atoms with Crippen LogP contribution in [0.3, 0.4) is 0 Å². The third-order valence-corrected chi connectivity index (χ3v) is 9.58. The molecule has 0 rings (SSSR count). The van der Waals surface area contributed by atoms with Gasteiger partial charge in [0.05, 0.1) is 19.8 Å². The molecule has 0 aliphatic carbocycles. The molecule has 1 radical (unpaired) electrons. The zero-order valence-electron chi connectivity index (χ0n) is 33.2. The first-order valence-corrected chi connectivity index (χ1v) is 24.1. The molecule has 3 N–H and O–H groups in total. The topological polar surface area (TPSA) is 191 Å². The van der Waals surface area contributed by atoms with Gasteiger partial charge in [0.2, 0.25) is 0 Å². The van der Waals surface area contributed by atoms with Crippen molar-refractivity contribution in [2.24, 2.45) is 0 Å². The fraction of sp³-hybridized carbons (Fsp3) is 1.00. The third-order valence-electron chi connectivity index (χ3n) is 8.19. The molecule has 0 aliphatic heterocycles. The first-order valence-electron chi connectivity index (χ1n) is 20.0. The Hall–Kier alpha value is 0.480. The Kier molecular flexibility index (Phi) is 50.3. The number of hydrogen-bond donors (Lipinski definition) is 3. The Labute approximate surface area is 339 Å². The molecule has 0 heterocycles. The molecule has 0 saturated heterocycles. The van der Waals surface area contributed by atoms with E-state index < -0.39 is 31.2 Å². The predicted molar refractivity (Wildman–Crippen MR) is 208 cm³/mol. The second-order valence-corrected chi connectivity index (χ2v) is 16.6.